The molecule has 6 heteroatoms. The zero-order chi connectivity index (χ0) is 14.8. The van der Waals surface area contributed by atoms with Crippen LogP contribution < -0.4 is 5.01 Å². The lowest BCUT2D eigenvalue weighted by Crippen LogP contribution is -2.47. The van der Waals surface area contributed by atoms with Gasteiger partial charge < -0.3 is 9.84 Å². The van der Waals surface area contributed by atoms with Crippen LogP contribution in [0.15, 0.2) is 35.4 Å². The first-order valence-corrected chi connectivity index (χ1v) is 6.32. The van der Waals surface area contributed by atoms with E-state index in [9.17, 15) is 14.7 Å². The van der Waals surface area contributed by atoms with Gasteiger partial charge in [-0.3, -0.25) is 0 Å². The molecule has 0 radical (unpaired) electrons. The highest BCUT2D eigenvalue weighted by Gasteiger charge is 2.48. The fraction of sp³-hybridized carbons (Fsp3) is 0.357. The molecule has 1 heterocycles. The third kappa shape index (κ3) is 2.36. The van der Waals surface area contributed by atoms with E-state index in [4.69, 9.17) is 4.74 Å². The monoisotopic (exact) mass is 276 g/mol. The Morgan fingerprint density at radius 1 is 1.40 bits per heavy atom. The van der Waals surface area contributed by atoms with E-state index in [0.29, 0.717) is 5.69 Å². The number of para-hydroxylation sites is 1. The molecule has 1 aromatic rings. The molecular weight excluding hydrogens is 260 g/mol. The summed E-state index contributed by atoms with van der Waals surface area (Å²) < 4.78 is 4.89. The highest BCUT2D eigenvalue weighted by molar-refractivity contribution is 6.38. The Morgan fingerprint density at radius 3 is 2.60 bits per heavy atom. The van der Waals surface area contributed by atoms with Gasteiger partial charge in [0.2, 0.25) is 0 Å². The maximum absolute atomic E-state index is 11.8. The molecule has 0 aromatic heterocycles. The topological polar surface area (TPSA) is 79.2 Å². The molecule has 0 unspecified atom stereocenters. The molecule has 1 aliphatic heterocycles. The summed E-state index contributed by atoms with van der Waals surface area (Å²) in [6, 6.07) is 8.90. The number of nitrogens with zero attached hydrogens (tertiary/aromatic N) is 2. The van der Waals surface area contributed by atoms with Crippen molar-refractivity contribution in [3.8, 4) is 0 Å². The molecule has 106 valence electrons. The van der Waals surface area contributed by atoms with Crippen molar-refractivity contribution >= 4 is 23.3 Å². The van der Waals surface area contributed by atoms with E-state index in [1.807, 2.05) is 6.07 Å². The zero-order valence-corrected chi connectivity index (χ0v) is 11.4. The lowest BCUT2D eigenvalue weighted by Gasteiger charge is -2.29. The Hall–Kier alpha value is -2.37. The molecule has 0 spiro atoms. The normalized spacial score (nSPS) is 21.5. The van der Waals surface area contributed by atoms with Crippen LogP contribution >= 0.6 is 0 Å². The van der Waals surface area contributed by atoms with Crippen LogP contribution in [0.25, 0.3) is 0 Å². The highest BCUT2D eigenvalue weighted by Crippen LogP contribution is 2.33. The molecule has 0 saturated carbocycles. The van der Waals surface area contributed by atoms with Gasteiger partial charge in [-0.25, -0.2) is 14.6 Å². The van der Waals surface area contributed by atoms with Crippen LogP contribution in [-0.2, 0) is 14.3 Å². The zero-order valence-electron chi connectivity index (χ0n) is 11.4. The lowest BCUT2D eigenvalue weighted by atomic mass is 9.95. The number of esters is 1. The highest BCUT2D eigenvalue weighted by atomic mass is 16.5. The maximum atomic E-state index is 11.8. The third-order valence-electron chi connectivity index (χ3n) is 3.17. The van der Waals surface area contributed by atoms with Crippen molar-refractivity contribution in [2.45, 2.75) is 25.8 Å². The van der Waals surface area contributed by atoms with E-state index in [0.717, 1.165) is 0 Å². The average Bonchev–Trinajstić information content (AvgIpc) is 2.80. The third-order valence-corrected chi connectivity index (χ3v) is 3.17. The molecule has 0 aliphatic carbocycles. The second kappa shape index (κ2) is 5.32. The molecule has 0 fully saturated rings. The molecule has 2 rings (SSSR count). The Morgan fingerprint density at radius 2 is 2.05 bits per heavy atom. The van der Waals surface area contributed by atoms with E-state index in [-0.39, 0.29) is 18.7 Å². The summed E-state index contributed by atoms with van der Waals surface area (Å²) in [5, 5.41) is 15.0. The Bertz CT molecular complexity index is 556. The van der Waals surface area contributed by atoms with Gasteiger partial charge in [0.1, 0.15) is 5.71 Å². The number of anilines is 1. The number of carbonyl (C=O) groups excluding carboxylic acids is 1. The molecule has 0 bridgehead atoms. The van der Waals surface area contributed by atoms with Crippen molar-refractivity contribution in [3.05, 3.63) is 30.3 Å². The van der Waals surface area contributed by atoms with Crippen LogP contribution in [-0.4, -0.2) is 34.9 Å². The second-order valence-corrected chi connectivity index (χ2v) is 4.67. The number of hydrogen-bond donors (Lipinski definition) is 1. The number of ether oxygens (including phenoxy) is 1. The summed E-state index contributed by atoms with van der Waals surface area (Å²) in [7, 11) is 0. The second-order valence-electron chi connectivity index (χ2n) is 4.67. The minimum absolute atomic E-state index is 0.00998. The number of carboxylic acids is 1. The van der Waals surface area contributed by atoms with Gasteiger partial charge in [0, 0.05) is 6.42 Å². The Kier molecular flexibility index (Phi) is 3.74. The van der Waals surface area contributed by atoms with Crippen LogP contribution in [0.5, 0.6) is 0 Å². The van der Waals surface area contributed by atoms with Gasteiger partial charge in [-0.2, -0.15) is 5.10 Å². The van der Waals surface area contributed by atoms with Crippen molar-refractivity contribution in [2.75, 3.05) is 11.6 Å². The number of hydrazone groups is 1. The van der Waals surface area contributed by atoms with Crippen molar-refractivity contribution in [1.82, 2.24) is 0 Å². The van der Waals surface area contributed by atoms with Crippen LogP contribution in [0.3, 0.4) is 0 Å². The van der Waals surface area contributed by atoms with E-state index < -0.39 is 17.5 Å². The van der Waals surface area contributed by atoms with Crippen LogP contribution in [0, 0.1) is 0 Å². The van der Waals surface area contributed by atoms with Crippen molar-refractivity contribution in [3.63, 3.8) is 0 Å². The van der Waals surface area contributed by atoms with Gasteiger partial charge in [0.25, 0.3) is 0 Å². The van der Waals surface area contributed by atoms with Crippen LogP contribution in [0.2, 0.25) is 0 Å². The van der Waals surface area contributed by atoms with Gasteiger partial charge in [-0.1, -0.05) is 18.2 Å². The fourth-order valence-corrected chi connectivity index (χ4v) is 2.07. The molecule has 0 saturated heterocycles. The molecular formula is C14H16N2O4. The SMILES string of the molecule is CCOC(=O)C1=NN(c2ccccc2)[C@@](C)(C(=O)O)C1. The fourth-order valence-electron chi connectivity index (χ4n) is 2.07. The molecule has 1 aromatic carbocycles. The number of carbonyl (C=O) groups is 2. The summed E-state index contributed by atoms with van der Waals surface area (Å²) in [6.07, 6.45) is 0.00998. The van der Waals surface area contributed by atoms with Gasteiger partial charge in [-0.15, -0.1) is 0 Å². The minimum Gasteiger partial charge on any atom is -0.479 e. The summed E-state index contributed by atoms with van der Waals surface area (Å²) >= 11 is 0. The predicted octanol–water partition coefficient (Wildman–Crippen LogP) is 1.66. The predicted molar refractivity (Wildman–Crippen MR) is 73.6 cm³/mol. The number of carboxylic acid groups (broad SMARTS) is 1. The first-order valence-electron chi connectivity index (χ1n) is 6.32. The van der Waals surface area contributed by atoms with Gasteiger partial charge in [0.05, 0.1) is 12.3 Å². The van der Waals surface area contributed by atoms with Crippen LogP contribution in [0.1, 0.15) is 20.3 Å². The largest absolute Gasteiger partial charge is 0.479 e. The standard InChI is InChI=1S/C14H16N2O4/c1-3-20-12(17)11-9-14(2,13(18)19)16(15-11)10-7-5-4-6-8-10/h4-8H,3,9H2,1-2H3,(H,18,19)/t14-/m1/s1. The molecule has 20 heavy (non-hydrogen) atoms. The number of hydrogen-bond acceptors (Lipinski definition) is 5. The van der Waals surface area contributed by atoms with E-state index >= 15 is 0 Å². The summed E-state index contributed by atoms with van der Waals surface area (Å²) in [5.41, 5.74) is -0.541. The van der Waals surface area contributed by atoms with Crippen LogP contribution in [0.4, 0.5) is 5.69 Å². The first kappa shape index (κ1) is 14.0. The molecule has 1 atom stereocenters. The summed E-state index contributed by atoms with van der Waals surface area (Å²) in [4.78, 5) is 23.3. The number of benzene rings is 1. The molecule has 0 amide bonds. The molecule has 1 N–H and O–H groups in total. The van der Waals surface area contributed by atoms with Crippen molar-refractivity contribution in [2.24, 2.45) is 5.10 Å². The quantitative estimate of drug-likeness (QED) is 0.846. The van der Waals surface area contributed by atoms with E-state index in [2.05, 4.69) is 5.10 Å². The molecule has 6 nitrogen and oxygen atoms in total. The minimum atomic E-state index is -1.29. The first-order chi connectivity index (χ1) is 9.49. The van der Waals surface area contributed by atoms with E-state index in [1.165, 1.54) is 11.9 Å². The summed E-state index contributed by atoms with van der Waals surface area (Å²) in [6.45, 7) is 3.46. The average molecular weight is 276 g/mol. The summed E-state index contributed by atoms with van der Waals surface area (Å²) in [5.74, 6) is -1.61. The Balaban J connectivity index is 2.39. The van der Waals surface area contributed by atoms with Gasteiger partial charge in [-0.05, 0) is 26.0 Å². The molecule has 1 aliphatic rings. The van der Waals surface area contributed by atoms with Gasteiger partial charge in [0.15, 0.2) is 5.54 Å². The maximum Gasteiger partial charge on any atom is 0.354 e. The van der Waals surface area contributed by atoms with Crippen molar-refractivity contribution < 1.29 is 19.4 Å². The lowest BCUT2D eigenvalue weighted by molar-refractivity contribution is -0.142. The van der Waals surface area contributed by atoms with Gasteiger partial charge >= 0.3 is 11.9 Å². The Labute approximate surface area is 116 Å². The number of rotatable bonds is 4. The van der Waals surface area contributed by atoms with Crippen molar-refractivity contribution in [1.29, 1.82) is 0 Å². The smallest absolute Gasteiger partial charge is 0.354 e. The number of aliphatic carboxylic acids is 1. The van der Waals surface area contributed by atoms with E-state index in [1.54, 1.807) is 31.2 Å².